The molecule has 0 aliphatic carbocycles. The molecule has 8 heteroatoms. The highest BCUT2D eigenvalue weighted by Gasteiger charge is 2.34. The van der Waals surface area contributed by atoms with Crippen molar-refractivity contribution in [2.24, 2.45) is 5.41 Å². The van der Waals surface area contributed by atoms with Gasteiger partial charge in [0.25, 0.3) is 5.91 Å². The van der Waals surface area contributed by atoms with Crippen LogP contribution in [0.1, 0.15) is 38.2 Å². The van der Waals surface area contributed by atoms with Gasteiger partial charge < -0.3 is 15.7 Å². The summed E-state index contributed by atoms with van der Waals surface area (Å²) >= 11 is 0. The molecule has 1 aromatic rings. The number of nitrogens with zero attached hydrogens (tertiary/aromatic N) is 2. The van der Waals surface area contributed by atoms with Gasteiger partial charge in [-0.15, -0.1) is 0 Å². The zero-order chi connectivity index (χ0) is 16.9. The average Bonchev–Trinajstić information content (AvgIpc) is 2.43. The molecule has 0 saturated heterocycles. The first-order chi connectivity index (χ1) is 10.1. The molecule has 0 saturated carbocycles. The summed E-state index contributed by atoms with van der Waals surface area (Å²) in [6.07, 6.45) is 4.08. The summed E-state index contributed by atoms with van der Waals surface area (Å²) in [5.41, 5.74) is -0.531. The average molecular weight is 308 g/mol. The lowest BCUT2D eigenvalue weighted by Gasteiger charge is -2.30. The van der Waals surface area contributed by atoms with Crippen molar-refractivity contribution in [1.82, 2.24) is 20.6 Å². The maximum Gasteiger partial charge on any atom is 0.325 e. The number of carboxylic acid groups (broad SMARTS) is 1. The molecule has 0 bridgehead atoms. The van der Waals surface area contributed by atoms with Gasteiger partial charge in [-0.1, -0.05) is 20.8 Å². The topological polar surface area (TPSA) is 121 Å². The van der Waals surface area contributed by atoms with E-state index in [0.717, 1.165) is 0 Å². The molecule has 1 rings (SSSR count). The number of carboxylic acids is 1. The summed E-state index contributed by atoms with van der Waals surface area (Å²) < 4.78 is 0. The lowest BCUT2D eigenvalue weighted by molar-refractivity contribution is -0.142. The molecule has 0 fully saturated rings. The first-order valence-electron chi connectivity index (χ1n) is 6.73. The number of amides is 2. The molecule has 0 aliphatic rings. The fourth-order valence-corrected chi connectivity index (χ4v) is 1.66. The zero-order valence-electron chi connectivity index (χ0n) is 13.0. The van der Waals surface area contributed by atoms with Crippen molar-refractivity contribution in [3.63, 3.8) is 0 Å². The second kappa shape index (κ2) is 6.97. The molecule has 120 valence electrons. The Kier molecular flexibility index (Phi) is 5.56. The van der Waals surface area contributed by atoms with Crippen LogP contribution >= 0.6 is 0 Å². The van der Waals surface area contributed by atoms with E-state index in [4.69, 9.17) is 5.11 Å². The molecule has 1 heterocycles. The summed E-state index contributed by atoms with van der Waals surface area (Å²) in [4.78, 5) is 42.8. The van der Waals surface area contributed by atoms with E-state index in [0.29, 0.717) is 0 Å². The van der Waals surface area contributed by atoms with Crippen LogP contribution in [0.3, 0.4) is 0 Å². The van der Waals surface area contributed by atoms with Crippen LogP contribution < -0.4 is 10.6 Å². The van der Waals surface area contributed by atoms with Crippen molar-refractivity contribution in [2.75, 3.05) is 0 Å². The second-order valence-electron chi connectivity index (χ2n) is 5.93. The van der Waals surface area contributed by atoms with Gasteiger partial charge in [0.15, 0.2) is 0 Å². The van der Waals surface area contributed by atoms with Crippen LogP contribution in [0.25, 0.3) is 0 Å². The van der Waals surface area contributed by atoms with E-state index >= 15 is 0 Å². The second-order valence-corrected chi connectivity index (χ2v) is 5.93. The largest absolute Gasteiger partial charge is 0.480 e. The molecular formula is C14H20N4O4. The molecule has 2 atom stereocenters. The number of rotatable bonds is 5. The van der Waals surface area contributed by atoms with E-state index < -0.39 is 35.3 Å². The van der Waals surface area contributed by atoms with Crippen LogP contribution in [-0.4, -0.2) is 44.9 Å². The minimum absolute atomic E-state index is 0.0795. The molecular weight excluding hydrogens is 288 g/mol. The van der Waals surface area contributed by atoms with Crippen LogP contribution in [-0.2, 0) is 9.59 Å². The monoisotopic (exact) mass is 308 g/mol. The lowest BCUT2D eigenvalue weighted by Crippen LogP contribution is -2.56. The van der Waals surface area contributed by atoms with Gasteiger partial charge in [0.1, 0.15) is 17.8 Å². The van der Waals surface area contributed by atoms with Gasteiger partial charge in [0.2, 0.25) is 5.91 Å². The van der Waals surface area contributed by atoms with Crippen molar-refractivity contribution in [1.29, 1.82) is 0 Å². The molecule has 8 nitrogen and oxygen atoms in total. The highest BCUT2D eigenvalue weighted by Crippen LogP contribution is 2.20. The summed E-state index contributed by atoms with van der Waals surface area (Å²) in [5, 5.41) is 13.8. The summed E-state index contributed by atoms with van der Waals surface area (Å²) in [6.45, 7) is 6.64. The summed E-state index contributed by atoms with van der Waals surface area (Å²) in [7, 11) is 0. The Morgan fingerprint density at radius 1 is 1.18 bits per heavy atom. The van der Waals surface area contributed by atoms with Crippen LogP contribution in [0.4, 0.5) is 0 Å². The molecule has 22 heavy (non-hydrogen) atoms. The third-order valence-corrected chi connectivity index (χ3v) is 2.93. The SMILES string of the molecule is C[C@H](NC(=O)[C@@H](NC(=O)c1cnccn1)C(C)(C)C)C(=O)O. The molecule has 0 spiro atoms. The van der Waals surface area contributed by atoms with Gasteiger partial charge in [-0.05, 0) is 12.3 Å². The van der Waals surface area contributed by atoms with Crippen LogP contribution in [0.15, 0.2) is 18.6 Å². The number of aromatic nitrogens is 2. The van der Waals surface area contributed by atoms with Crippen molar-refractivity contribution in [2.45, 2.75) is 39.8 Å². The Bertz CT molecular complexity index is 554. The summed E-state index contributed by atoms with van der Waals surface area (Å²) in [5.74, 6) is -2.27. The van der Waals surface area contributed by atoms with E-state index in [1.54, 1.807) is 20.8 Å². The number of hydrogen-bond donors (Lipinski definition) is 3. The smallest absolute Gasteiger partial charge is 0.325 e. The maximum atomic E-state index is 12.2. The van der Waals surface area contributed by atoms with Gasteiger partial charge in [0.05, 0.1) is 6.20 Å². The third kappa shape index (κ3) is 4.80. The first-order valence-corrected chi connectivity index (χ1v) is 6.73. The zero-order valence-corrected chi connectivity index (χ0v) is 13.0. The Balaban J connectivity index is 2.88. The van der Waals surface area contributed by atoms with E-state index in [2.05, 4.69) is 20.6 Å². The number of carbonyl (C=O) groups excluding carboxylic acids is 2. The number of carbonyl (C=O) groups is 3. The fourth-order valence-electron chi connectivity index (χ4n) is 1.66. The highest BCUT2D eigenvalue weighted by molar-refractivity contribution is 5.96. The lowest BCUT2D eigenvalue weighted by atomic mass is 9.86. The fraction of sp³-hybridized carbons (Fsp3) is 0.500. The predicted octanol–water partition coefficient (Wildman–Crippen LogP) is 0.210. The van der Waals surface area contributed by atoms with Crippen LogP contribution in [0.5, 0.6) is 0 Å². The van der Waals surface area contributed by atoms with Crippen molar-refractivity contribution < 1.29 is 19.5 Å². The summed E-state index contributed by atoms with van der Waals surface area (Å²) in [6, 6.07) is -1.96. The molecule has 0 aliphatic heterocycles. The molecule has 3 N–H and O–H groups in total. The van der Waals surface area contributed by atoms with Gasteiger partial charge in [0, 0.05) is 12.4 Å². The minimum atomic E-state index is -1.15. The van der Waals surface area contributed by atoms with Crippen molar-refractivity contribution in [3.8, 4) is 0 Å². The minimum Gasteiger partial charge on any atom is -0.480 e. The van der Waals surface area contributed by atoms with E-state index in [1.165, 1.54) is 25.5 Å². The Morgan fingerprint density at radius 3 is 2.27 bits per heavy atom. The Labute approximate surface area is 128 Å². The van der Waals surface area contributed by atoms with Gasteiger partial charge in [-0.25, -0.2) is 4.98 Å². The predicted molar refractivity (Wildman–Crippen MR) is 78.0 cm³/mol. The number of hydrogen-bond acceptors (Lipinski definition) is 5. The molecule has 0 unspecified atom stereocenters. The molecule has 2 amide bonds. The van der Waals surface area contributed by atoms with Crippen LogP contribution in [0.2, 0.25) is 0 Å². The maximum absolute atomic E-state index is 12.2. The van der Waals surface area contributed by atoms with Crippen molar-refractivity contribution in [3.05, 3.63) is 24.3 Å². The van der Waals surface area contributed by atoms with Gasteiger partial charge in [-0.3, -0.25) is 19.4 Å². The van der Waals surface area contributed by atoms with E-state index in [-0.39, 0.29) is 5.69 Å². The van der Waals surface area contributed by atoms with Crippen molar-refractivity contribution >= 4 is 17.8 Å². The standard InChI is InChI=1S/C14H20N4O4/c1-8(13(21)22)17-12(20)10(14(2,3)4)18-11(19)9-7-15-5-6-16-9/h5-8,10H,1-4H3,(H,17,20)(H,18,19)(H,21,22)/t8-,10+/m0/s1. The van der Waals surface area contributed by atoms with E-state index in [9.17, 15) is 14.4 Å². The number of aliphatic carboxylic acids is 1. The Hall–Kier alpha value is -2.51. The quantitative estimate of drug-likeness (QED) is 0.715. The van der Waals surface area contributed by atoms with Gasteiger partial charge >= 0.3 is 5.97 Å². The van der Waals surface area contributed by atoms with Crippen LogP contribution in [0, 0.1) is 5.41 Å². The molecule has 1 aromatic heterocycles. The Morgan fingerprint density at radius 2 is 1.82 bits per heavy atom. The third-order valence-electron chi connectivity index (χ3n) is 2.93. The van der Waals surface area contributed by atoms with Gasteiger partial charge in [-0.2, -0.15) is 0 Å². The molecule has 0 radical (unpaired) electrons. The number of nitrogens with one attached hydrogen (secondary N) is 2. The first kappa shape index (κ1) is 17.5. The van der Waals surface area contributed by atoms with E-state index in [1.807, 2.05) is 0 Å². The normalized spacial score (nSPS) is 13.8. The molecule has 0 aromatic carbocycles. The highest BCUT2D eigenvalue weighted by atomic mass is 16.4.